The smallest absolute Gasteiger partial charge is 0.374 e. The third-order valence-corrected chi connectivity index (χ3v) is 7.30. The number of rotatable bonds is 19. The average molecular weight is 634 g/mol. The molecule has 1 N–H and O–H groups in total. The second-order valence-electron chi connectivity index (χ2n) is 11.2. The van der Waals surface area contributed by atoms with E-state index in [2.05, 4.69) is 5.32 Å². The topological polar surface area (TPSA) is 161 Å². The highest BCUT2D eigenvalue weighted by Crippen LogP contribution is 2.30. The molecule has 0 unspecified atom stereocenters. The van der Waals surface area contributed by atoms with Gasteiger partial charge in [0.15, 0.2) is 12.2 Å². The molecule has 1 aliphatic rings. The number of carbonyl (C=O) groups excluding carboxylic acids is 6. The van der Waals surface area contributed by atoms with Crippen LogP contribution in [0.4, 0.5) is 0 Å². The number of Topliss-reactive ketones (excluding diaryl/α,β-unsaturated/α-hetero) is 1. The van der Waals surface area contributed by atoms with Crippen LogP contribution in [0.2, 0.25) is 0 Å². The van der Waals surface area contributed by atoms with Crippen LogP contribution in [-0.4, -0.2) is 72.6 Å². The summed E-state index contributed by atoms with van der Waals surface area (Å²) in [6.07, 6.45) is 4.11. The Labute approximate surface area is 264 Å². The zero-order valence-corrected chi connectivity index (χ0v) is 26.7. The molecule has 1 fully saturated rings. The van der Waals surface area contributed by atoms with Crippen molar-refractivity contribution >= 4 is 35.6 Å². The van der Waals surface area contributed by atoms with Gasteiger partial charge in [-0.15, -0.1) is 0 Å². The molecule has 0 spiro atoms. The Balaban J connectivity index is 1.77. The van der Waals surface area contributed by atoms with Crippen LogP contribution >= 0.6 is 0 Å². The molecule has 1 aromatic rings. The Hall–Kier alpha value is -3.80. The Kier molecular flexibility index (Phi) is 16.8. The molecule has 12 heteroatoms. The van der Waals surface area contributed by atoms with E-state index >= 15 is 0 Å². The predicted octanol–water partition coefficient (Wildman–Crippen LogP) is 3.90. The maximum atomic E-state index is 12.1. The van der Waals surface area contributed by atoms with Gasteiger partial charge in [-0.2, -0.15) is 0 Å². The molecular formula is C33H47NO11. The molecular weight excluding hydrogens is 586 g/mol. The highest BCUT2D eigenvalue weighted by molar-refractivity contribution is 6.33. The summed E-state index contributed by atoms with van der Waals surface area (Å²) in [7, 11) is 0. The number of esters is 4. The highest BCUT2D eigenvalue weighted by Gasteiger charge is 2.50. The summed E-state index contributed by atoms with van der Waals surface area (Å²) < 4.78 is 27.4. The third kappa shape index (κ3) is 14.7. The number of unbranched alkanes of at least 4 members (excludes halogenated alkanes) is 7. The summed E-state index contributed by atoms with van der Waals surface area (Å²) in [5.41, 5.74) is 0.833. The van der Waals surface area contributed by atoms with Gasteiger partial charge >= 0.3 is 23.9 Å². The molecule has 0 saturated carbocycles. The number of carbonyl (C=O) groups is 6. The Morgan fingerprint density at radius 3 is 1.84 bits per heavy atom. The van der Waals surface area contributed by atoms with Gasteiger partial charge in [-0.3, -0.25) is 24.0 Å². The molecule has 0 radical (unpaired) electrons. The minimum Gasteiger partial charge on any atom is -0.463 e. The molecule has 0 aliphatic carbocycles. The van der Waals surface area contributed by atoms with Crippen molar-refractivity contribution in [2.75, 3.05) is 6.61 Å². The van der Waals surface area contributed by atoms with E-state index in [4.69, 9.17) is 23.7 Å². The molecule has 5 atom stereocenters. The lowest BCUT2D eigenvalue weighted by molar-refractivity contribution is -0.224. The van der Waals surface area contributed by atoms with Crippen molar-refractivity contribution in [1.82, 2.24) is 5.32 Å². The van der Waals surface area contributed by atoms with E-state index in [0.717, 1.165) is 50.5 Å². The maximum Gasteiger partial charge on any atom is 0.374 e. The predicted molar refractivity (Wildman–Crippen MR) is 161 cm³/mol. The lowest BCUT2D eigenvalue weighted by Gasteiger charge is -2.45. The van der Waals surface area contributed by atoms with Crippen LogP contribution < -0.4 is 5.32 Å². The standard InChI is InChI=1S/C33H47NO11/c1-22(35)34-30-28(45-29(21-41-23(2)36)31(43-24(3)37)32(30)44-25(4)38)19-15-10-8-6-5-7-9-14-18-27(39)33(40)42-20-26-16-12-11-13-17-26/h11-13,16-17,28-32H,5-10,14-15,18-21H2,1-4H3,(H,34,35)/t28-,29-,30-,31+,32-/m1/s1. The Morgan fingerprint density at radius 1 is 0.689 bits per heavy atom. The van der Waals surface area contributed by atoms with Gasteiger partial charge in [-0.05, 0) is 18.4 Å². The maximum absolute atomic E-state index is 12.1. The zero-order valence-electron chi connectivity index (χ0n) is 26.7. The molecule has 1 saturated heterocycles. The summed E-state index contributed by atoms with van der Waals surface area (Å²) in [5.74, 6) is -3.46. The molecule has 250 valence electrons. The van der Waals surface area contributed by atoms with E-state index in [1.165, 1.54) is 27.7 Å². The van der Waals surface area contributed by atoms with Crippen molar-refractivity contribution in [3.05, 3.63) is 35.9 Å². The van der Waals surface area contributed by atoms with E-state index < -0.39 is 60.1 Å². The molecule has 0 bridgehead atoms. The summed E-state index contributed by atoms with van der Waals surface area (Å²) >= 11 is 0. The molecule has 1 heterocycles. The van der Waals surface area contributed by atoms with Crippen molar-refractivity contribution in [3.8, 4) is 0 Å². The average Bonchev–Trinajstić information content (AvgIpc) is 2.98. The second-order valence-corrected chi connectivity index (χ2v) is 11.2. The first-order valence-corrected chi connectivity index (χ1v) is 15.6. The number of amides is 1. The molecule has 0 aromatic heterocycles. The monoisotopic (exact) mass is 633 g/mol. The van der Waals surface area contributed by atoms with Crippen molar-refractivity contribution in [2.45, 2.75) is 129 Å². The number of ketones is 1. The second kappa shape index (κ2) is 20.3. The number of hydrogen-bond acceptors (Lipinski definition) is 11. The molecule has 45 heavy (non-hydrogen) atoms. The van der Waals surface area contributed by atoms with Gasteiger partial charge in [0.1, 0.15) is 19.3 Å². The minimum absolute atomic E-state index is 0.0859. The fourth-order valence-electron chi connectivity index (χ4n) is 5.27. The SMILES string of the molecule is CC(=O)N[C@H]1[C@@H](OC(C)=O)[C@@H](OC(C)=O)[C@@H](COC(C)=O)O[C@@H]1CCCCCCCCCCC(=O)C(=O)OCc1ccccc1. The van der Waals surface area contributed by atoms with Gasteiger partial charge < -0.3 is 29.0 Å². The lowest BCUT2D eigenvalue weighted by atomic mass is 9.89. The molecule has 12 nitrogen and oxygen atoms in total. The van der Waals surface area contributed by atoms with Crippen LogP contribution in [0, 0.1) is 0 Å². The molecule has 1 aliphatic heterocycles. The zero-order chi connectivity index (χ0) is 33.2. The number of ether oxygens (including phenoxy) is 5. The molecule has 1 amide bonds. The number of benzene rings is 1. The minimum atomic E-state index is -1.09. The van der Waals surface area contributed by atoms with Crippen molar-refractivity contribution in [1.29, 1.82) is 0 Å². The van der Waals surface area contributed by atoms with Gasteiger partial charge in [-0.25, -0.2) is 4.79 Å². The van der Waals surface area contributed by atoms with Crippen LogP contribution in [-0.2, 0) is 59.1 Å². The van der Waals surface area contributed by atoms with E-state index in [-0.39, 0.29) is 25.5 Å². The Bertz CT molecular complexity index is 1120. The van der Waals surface area contributed by atoms with Crippen LogP contribution in [0.5, 0.6) is 0 Å². The largest absolute Gasteiger partial charge is 0.463 e. The van der Waals surface area contributed by atoms with Crippen LogP contribution in [0.1, 0.15) is 97.5 Å². The molecule has 2 rings (SSSR count). The van der Waals surface area contributed by atoms with E-state index in [1.807, 2.05) is 30.3 Å². The highest BCUT2D eigenvalue weighted by atomic mass is 16.6. The van der Waals surface area contributed by atoms with Gasteiger partial charge in [-0.1, -0.05) is 75.3 Å². The van der Waals surface area contributed by atoms with Crippen LogP contribution in [0.3, 0.4) is 0 Å². The summed E-state index contributed by atoms with van der Waals surface area (Å²) in [6, 6.07) is 8.44. The van der Waals surface area contributed by atoms with Crippen LogP contribution in [0.15, 0.2) is 30.3 Å². The summed E-state index contributed by atoms with van der Waals surface area (Å²) in [4.78, 5) is 71.3. The number of hydrogen-bond donors (Lipinski definition) is 1. The van der Waals surface area contributed by atoms with Gasteiger partial charge in [0.25, 0.3) is 0 Å². The van der Waals surface area contributed by atoms with E-state index in [0.29, 0.717) is 12.8 Å². The first kappa shape index (κ1) is 37.4. The van der Waals surface area contributed by atoms with E-state index in [1.54, 1.807) is 0 Å². The first-order valence-electron chi connectivity index (χ1n) is 15.6. The summed E-state index contributed by atoms with van der Waals surface area (Å²) in [5, 5.41) is 2.79. The van der Waals surface area contributed by atoms with Gasteiger partial charge in [0.05, 0.1) is 12.1 Å². The fourth-order valence-corrected chi connectivity index (χ4v) is 5.27. The van der Waals surface area contributed by atoms with Crippen molar-refractivity contribution in [3.63, 3.8) is 0 Å². The van der Waals surface area contributed by atoms with E-state index in [9.17, 15) is 28.8 Å². The first-order chi connectivity index (χ1) is 21.5. The van der Waals surface area contributed by atoms with Gasteiger partial charge in [0, 0.05) is 34.1 Å². The fraction of sp³-hybridized carbons (Fsp3) is 0.636. The number of nitrogens with one attached hydrogen (secondary N) is 1. The molecule has 1 aromatic carbocycles. The normalized spacial score (nSPS) is 20.8. The van der Waals surface area contributed by atoms with Crippen LogP contribution in [0.25, 0.3) is 0 Å². The summed E-state index contributed by atoms with van der Waals surface area (Å²) in [6.45, 7) is 4.88. The third-order valence-electron chi connectivity index (χ3n) is 7.30. The van der Waals surface area contributed by atoms with Crippen molar-refractivity contribution in [2.24, 2.45) is 0 Å². The lowest BCUT2D eigenvalue weighted by Crippen LogP contribution is -2.66. The Morgan fingerprint density at radius 2 is 1.27 bits per heavy atom. The van der Waals surface area contributed by atoms with Gasteiger partial charge in [0.2, 0.25) is 11.7 Å². The quantitative estimate of drug-likeness (QED) is 0.102. The van der Waals surface area contributed by atoms with Crippen molar-refractivity contribution < 1.29 is 52.5 Å².